The molecule has 9 nitrogen and oxygen atoms in total. The molecule has 2 atom stereocenters. The van der Waals surface area contributed by atoms with E-state index in [1.54, 1.807) is 0 Å². The zero-order valence-corrected chi connectivity index (χ0v) is 61.4. The van der Waals surface area contributed by atoms with Crippen molar-refractivity contribution in [2.24, 2.45) is 0 Å². The van der Waals surface area contributed by atoms with Gasteiger partial charge >= 0.3 is 11.9 Å². The van der Waals surface area contributed by atoms with Gasteiger partial charge in [0.2, 0.25) is 0 Å². The number of carbonyl (C=O) groups is 3. The lowest BCUT2D eigenvalue weighted by Gasteiger charge is -2.26. The number of allylic oxidation sites excluding steroid dienone is 18. The Morgan fingerprint density at radius 2 is 0.613 bits per heavy atom. The summed E-state index contributed by atoms with van der Waals surface area (Å²) in [6.07, 6.45) is 101. The number of rotatable bonds is 72. The fourth-order valence-corrected chi connectivity index (χ4v) is 11.1. The standard InChI is InChI=1S/C84H147NO8/c1-6-8-10-12-14-16-18-20-22-24-26-28-30-32-34-36-37-38-39-40-41-42-43-44-45-47-48-50-52-54-56-58-60-62-64-66-68-70-72-74-81(86)91-78-80(79-92-84(83(88)89)90-77-76-85(3,4)5)93-82(87)75-73-71-69-67-65-63-61-59-57-55-53-51-49-46-35-33-31-29-27-25-23-21-19-17-15-13-11-9-7-2/h9,11,15,17-18,20-21,23-24,26-27,29-30,32-33,35,49,51,80,84H,6-8,10,12-14,16,19,22,25,28,31,34,36-48,50,52-79H2,1-5H3/b11-9-,17-15-,20-18-,23-21-,26-24-,29-27-,32-30-,35-33-,51-49-. The maximum absolute atomic E-state index is 13.0. The monoisotopic (exact) mass is 1300 g/mol. The zero-order chi connectivity index (χ0) is 67.5. The number of nitrogens with zero attached hydrogens (tertiary/aromatic N) is 1. The van der Waals surface area contributed by atoms with Gasteiger partial charge in [0.25, 0.3) is 0 Å². The number of likely N-dealkylation sites (N-methyl/N-ethyl adjacent to an activating group) is 1. The summed E-state index contributed by atoms with van der Waals surface area (Å²) >= 11 is 0. The zero-order valence-electron chi connectivity index (χ0n) is 61.4. The Morgan fingerprint density at radius 1 is 0.333 bits per heavy atom. The topological polar surface area (TPSA) is 111 Å². The van der Waals surface area contributed by atoms with Gasteiger partial charge in [0.05, 0.1) is 40.3 Å². The molecule has 0 aromatic rings. The van der Waals surface area contributed by atoms with Crippen molar-refractivity contribution in [3.8, 4) is 0 Å². The third kappa shape index (κ3) is 75.2. The summed E-state index contributed by atoms with van der Waals surface area (Å²) < 4.78 is 22.8. The third-order valence-electron chi connectivity index (χ3n) is 17.0. The summed E-state index contributed by atoms with van der Waals surface area (Å²) in [5.74, 6) is -2.28. The molecule has 0 aliphatic rings. The summed E-state index contributed by atoms with van der Waals surface area (Å²) in [4.78, 5) is 37.6. The number of ether oxygens (including phenoxy) is 4. The van der Waals surface area contributed by atoms with Gasteiger partial charge in [-0.3, -0.25) is 9.59 Å². The molecule has 536 valence electrons. The molecule has 0 saturated carbocycles. The summed E-state index contributed by atoms with van der Waals surface area (Å²) in [6, 6.07) is 0. The van der Waals surface area contributed by atoms with Crippen LogP contribution in [0.1, 0.15) is 348 Å². The molecule has 0 amide bonds. The Labute approximate surface area is 575 Å². The predicted molar refractivity (Wildman–Crippen MR) is 398 cm³/mol. The van der Waals surface area contributed by atoms with Crippen LogP contribution in [-0.2, 0) is 33.3 Å². The first kappa shape index (κ1) is 89.0. The van der Waals surface area contributed by atoms with Gasteiger partial charge in [-0.25, -0.2) is 0 Å². The number of unbranched alkanes of at least 4 members (excludes halogenated alkanes) is 39. The van der Waals surface area contributed by atoms with Gasteiger partial charge in [0.1, 0.15) is 13.2 Å². The second-order valence-corrected chi connectivity index (χ2v) is 27.3. The molecule has 93 heavy (non-hydrogen) atoms. The second kappa shape index (κ2) is 73.8. The predicted octanol–water partition coefficient (Wildman–Crippen LogP) is 23.6. The van der Waals surface area contributed by atoms with Crippen LogP contribution in [0.15, 0.2) is 109 Å². The quantitative estimate of drug-likeness (QED) is 0.0195. The van der Waals surface area contributed by atoms with E-state index in [0.717, 1.165) is 96.3 Å². The van der Waals surface area contributed by atoms with Crippen molar-refractivity contribution in [3.05, 3.63) is 109 Å². The number of carboxylic acid groups (broad SMARTS) is 1. The number of aliphatic carboxylic acids is 1. The third-order valence-corrected chi connectivity index (χ3v) is 17.0. The highest BCUT2D eigenvalue weighted by atomic mass is 16.7. The van der Waals surface area contributed by atoms with Gasteiger partial charge in [-0.1, -0.05) is 342 Å². The first-order valence-electron chi connectivity index (χ1n) is 39.0. The average molecular weight is 1300 g/mol. The van der Waals surface area contributed by atoms with Crippen LogP contribution < -0.4 is 5.11 Å². The second-order valence-electron chi connectivity index (χ2n) is 27.3. The molecular weight excluding hydrogens is 1150 g/mol. The minimum Gasteiger partial charge on any atom is -0.545 e. The van der Waals surface area contributed by atoms with Crippen LogP contribution in [0.2, 0.25) is 0 Å². The van der Waals surface area contributed by atoms with Crippen LogP contribution in [0.5, 0.6) is 0 Å². The molecule has 9 heteroatoms. The highest BCUT2D eigenvalue weighted by Gasteiger charge is 2.22. The largest absolute Gasteiger partial charge is 0.545 e. The van der Waals surface area contributed by atoms with Crippen molar-refractivity contribution in [3.63, 3.8) is 0 Å². The number of esters is 2. The molecule has 0 aliphatic heterocycles. The molecule has 0 spiro atoms. The van der Waals surface area contributed by atoms with Gasteiger partial charge in [0.15, 0.2) is 12.4 Å². The molecule has 0 bridgehead atoms. The molecule has 0 fully saturated rings. The van der Waals surface area contributed by atoms with E-state index in [-0.39, 0.29) is 32.2 Å². The lowest BCUT2D eigenvalue weighted by Crippen LogP contribution is -2.44. The minimum atomic E-state index is -1.63. The molecule has 0 rings (SSSR count). The molecule has 0 aliphatic carbocycles. The SMILES string of the molecule is CC/C=C\C/C=C\C/C=C\C/C=C\C/C=C\C/C=C\CCCCCCCCCCCCC(=O)OC(COC(=O)CCCCCCCCCCCCCCCCCCCCCCCCCC/C=C\C/C=C\C/C=C\CCCCCCC)COC(OCC[N+](C)(C)C)C(=O)[O-]. The van der Waals surface area contributed by atoms with E-state index in [1.807, 2.05) is 21.1 Å². The fraction of sp³-hybridized carbons (Fsp3) is 0.750. The fourth-order valence-electron chi connectivity index (χ4n) is 11.1. The number of hydrogen-bond donors (Lipinski definition) is 0. The van der Waals surface area contributed by atoms with Crippen molar-refractivity contribution in [1.29, 1.82) is 0 Å². The summed E-state index contributed by atoms with van der Waals surface area (Å²) in [5, 5.41) is 11.9. The first-order valence-corrected chi connectivity index (χ1v) is 39.0. The van der Waals surface area contributed by atoms with E-state index in [4.69, 9.17) is 18.9 Å². The first-order chi connectivity index (χ1) is 45.6. The van der Waals surface area contributed by atoms with Crippen LogP contribution in [0.4, 0.5) is 0 Å². The summed E-state index contributed by atoms with van der Waals surface area (Å²) in [5.41, 5.74) is 0. The van der Waals surface area contributed by atoms with Crippen LogP contribution in [0, 0.1) is 0 Å². The lowest BCUT2D eigenvalue weighted by atomic mass is 10.0. The smallest absolute Gasteiger partial charge is 0.306 e. The molecule has 0 aromatic carbocycles. The Hall–Kier alpha value is -4.05. The number of carbonyl (C=O) groups excluding carboxylic acids is 3. The molecule has 0 aromatic heterocycles. The highest BCUT2D eigenvalue weighted by molar-refractivity contribution is 5.70. The van der Waals surface area contributed by atoms with Gasteiger partial charge in [-0.2, -0.15) is 0 Å². The van der Waals surface area contributed by atoms with Gasteiger partial charge in [-0.05, 0) is 103 Å². The number of quaternary nitrogens is 1. The van der Waals surface area contributed by atoms with E-state index in [2.05, 4.69) is 123 Å². The number of hydrogen-bond acceptors (Lipinski definition) is 8. The van der Waals surface area contributed by atoms with Crippen LogP contribution in [-0.4, -0.2) is 82.3 Å². The van der Waals surface area contributed by atoms with E-state index in [0.29, 0.717) is 23.9 Å². The molecular formula is C84H147NO8. The van der Waals surface area contributed by atoms with Crippen molar-refractivity contribution in [2.75, 3.05) is 47.5 Å². The number of carboxylic acids is 1. The molecule has 0 saturated heterocycles. The lowest BCUT2D eigenvalue weighted by molar-refractivity contribution is -0.870. The van der Waals surface area contributed by atoms with Crippen molar-refractivity contribution < 1.29 is 42.9 Å². The Kier molecular flexibility index (Phi) is 70.5. The van der Waals surface area contributed by atoms with E-state index in [1.165, 1.54) is 218 Å². The molecule has 0 heterocycles. The maximum atomic E-state index is 13.0. The highest BCUT2D eigenvalue weighted by Crippen LogP contribution is 2.18. The van der Waals surface area contributed by atoms with Crippen molar-refractivity contribution >= 4 is 17.9 Å². The van der Waals surface area contributed by atoms with Crippen LogP contribution in [0.3, 0.4) is 0 Å². The van der Waals surface area contributed by atoms with Gasteiger partial charge < -0.3 is 33.3 Å². The van der Waals surface area contributed by atoms with Crippen molar-refractivity contribution in [2.45, 2.75) is 360 Å². The van der Waals surface area contributed by atoms with Gasteiger partial charge in [0, 0.05) is 12.8 Å². The van der Waals surface area contributed by atoms with Gasteiger partial charge in [-0.15, -0.1) is 0 Å². The molecule has 0 radical (unpaired) electrons. The minimum absolute atomic E-state index is 0.144. The Morgan fingerprint density at radius 3 is 0.914 bits per heavy atom. The normalized spacial score (nSPS) is 13.3. The average Bonchev–Trinajstić information content (AvgIpc) is 3.74. The van der Waals surface area contributed by atoms with E-state index in [9.17, 15) is 19.5 Å². The summed E-state index contributed by atoms with van der Waals surface area (Å²) in [7, 11) is 5.94. The van der Waals surface area contributed by atoms with E-state index >= 15 is 0 Å². The Bertz CT molecular complexity index is 1900. The van der Waals surface area contributed by atoms with Crippen molar-refractivity contribution in [1.82, 2.24) is 0 Å². The van der Waals surface area contributed by atoms with E-state index < -0.39 is 24.3 Å². The Balaban J connectivity index is 4.02. The molecule has 2 unspecified atom stereocenters. The molecule has 0 N–H and O–H groups in total. The maximum Gasteiger partial charge on any atom is 0.306 e. The van der Waals surface area contributed by atoms with Crippen LogP contribution >= 0.6 is 0 Å². The summed E-state index contributed by atoms with van der Waals surface area (Å²) in [6.45, 7) is 4.65. The van der Waals surface area contributed by atoms with Crippen LogP contribution in [0.25, 0.3) is 0 Å².